The minimum atomic E-state index is -0.254. The third kappa shape index (κ3) is 3.79. The second-order valence-corrected chi connectivity index (χ2v) is 4.11. The molecule has 0 radical (unpaired) electrons. The van der Waals surface area contributed by atoms with Gasteiger partial charge in [0.1, 0.15) is 12.0 Å². The van der Waals surface area contributed by atoms with Crippen LogP contribution in [0.5, 0.6) is 5.75 Å². The van der Waals surface area contributed by atoms with E-state index in [1.54, 1.807) is 0 Å². The van der Waals surface area contributed by atoms with Crippen LogP contribution in [-0.2, 0) is 6.54 Å². The summed E-state index contributed by atoms with van der Waals surface area (Å²) in [6.45, 7) is 4.82. The molecule has 0 saturated carbocycles. The Morgan fingerprint density at radius 2 is 2.29 bits per heavy atom. The SMILES string of the molecule is COc1coc(CN(CC(C)C)[N+]#N)cc1=O. The topological polar surface area (TPSA) is 70.8 Å². The molecule has 92 valence electrons. The maximum Gasteiger partial charge on any atom is 0.305 e. The Kier molecular flexibility index (Phi) is 4.52. The number of nitrogens with zero attached hydrogens (tertiary/aromatic N) is 3. The number of methoxy groups -OCH3 is 1. The quantitative estimate of drug-likeness (QED) is 0.578. The molecule has 0 atom stereocenters. The van der Waals surface area contributed by atoms with Crippen LogP contribution in [0.1, 0.15) is 19.6 Å². The summed E-state index contributed by atoms with van der Waals surface area (Å²) in [5, 5.41) is 13.4. The third-order valence-corrected chi connectivity index (χ3v) is 2.11. The molecule has 1 aromatic heterocycles. The van der Waals surface area contributed by atoms with Crippen molar-refractivity contribution >= 4 is 0 Å². The van der Waals surface area contributed by atoms with Crippen LogP contribution in [0.25, 0.3) is 5.08 Å². The summed E-state index contributed by atoms with van der Waals surface area (Å²) in [4.78, 5) is 11.5. The maximum absolute atomic E-state index is 11.5. The van der Waals surface area contributed by atoms with Gasteiger partial charge in [-0.3, -0.25) is 4.79 Å². The van der Waals surface area contributed by atoms with E-state index >= 15 is 0 Å². The molecule has 0 N–H and O–H groups in total. The molecule has 0 spiro atoms. The standard InChI is InChI=1S/C11H16N3O3/c1-8(2)5-14(13-12)6-9-4-10(15)11(16-3)7-17-9/h4,7-8H,5-6H2,1-3H3/q+1. The van der Waals surface area contributed by atoms with Crippen molar-refractivity contribution in [2.75, 3.05) is 13.7 Å². The van der Waals surface area contributed by atoms with Crippen molar-refractivity contribution in [1.29, 1.82) is 5.39 Å². The largest absolute Gasteiger partial charge is 0.490 e. The summed E-state index contributed by atoms with van der Waals surface area (Å²) in [6.07, 6.45) is 1.25. The van der Waals surface area contributed by atoms with Gasteiger partial charge in [0.05, 0.1) is 13.7 Å². The molecule has 0 saturated heterocycles. The summed E-state index contributed by atoms with van der Waals surface area (Å²) in [7, 11) is 1.40. The van der Waals surface area contributed by atoms with Gasteiger partial charge in [-0.2, -0.15) is 0 Å². The molecule has 0 aromatic carbocycles. The lowest BCUT2D eigenvalue weighted by molar-refractivity contribution is 0.279. The van der Waals surface area contributed by atoms with Crippen LogP contribution in [0, 0.1) is 11.3 Å². The first-order valence-corrected chi connectivity index (χ1v) is 5.32. The first-order valence-electron chi connectivity index (χ1n) is 5.32. The van der Waals surface area contributed by atoms with Gasteiger partial charge in [0.2, 0.25) is 11.2 Å². The Hall–Kier alpha value is -2.03. The van der Waals surface area contributed by atoms with E-state index in [0.717, 1.165) is 0 Å². The van der Waals surface area contributed by atoms with Gasteiger partial charge >= 0.3 is 5.08 Å². The highest BCUT2D eigenvalue weighted by atomic mass is 16.5. The zero-order chi connectivity index (χ0) is 12.8. The maximum atomic E-state index is 11.5. The Morgan fingerprint density at radius 1 is 1.59 bits per heavy atom. The Balaban J connectivity index is 2.78. The minimum Gasteiger partial charge on any atom is -0.490 e. The van der Waals surface area contributed by atoms with Crippen LogP contribution >= 0.6 is 0 Å². The number of diazo groups is 1. The molecule has 1 heterocycles. The molecule has 0 unspecified atom stereocenters. The zero-order valence-electron chi connectivity index (χ0n) is 10.2. The highest BCUT2D eigenvalue weighted by Gasteiger charge is 2.18. The van der Waals surface area contributed by atoms with Gasteiger partial charge in [0.25, 0.3) is 5.39 Å². The van der Waals surface area contributed by atoms with Gasteiger partial charge in [-0.1, -0.05) is 13.8 Å². The monoisotopic (exact) mass is 238 g/mol. The average Bonchev–Trinajstić information content (AvgIpc) is 2.27. The highest BCUT2D eigenvalue weighted by Crippen LogP contribution is 2.09. The molecule has 0 fully saturated rings. The Morgan fingerprint density at radius 3 is 2.76 bits per heavy atom. The lowest BCUT2D eigenvalue weighted by Crippen LogP contribution is -2.21. The minimum absolute atomic E-state index is 0.157. The molecule has 0 aliphatic carbocycles. The molecule has 1 aromatic rings. The normalized spacial score (nSPS) is 10.1. The fourth-order valence-electron chi connectivity index (χ4n) is 1.40. The molecule has 6 nitrogen and oxygen atoms in total. The van der Waals surface area contributed by atoms with Gasteiger partial charge in [0.15, 0.2) is 6.54 Å². The second kappa shape index (κ2) is 5.89. The van der Waals surface area contributed by atoms with Crippen LogP contribution in [0.3, 0.4) is 0 Å². The summed E-state index contributed by atoms with van der Waals surface area (Å²) in [6, 6.07) is 1.33. The number of hydrogen-bond donors (Lipinski definition) is 0. The molecular weight excluding hydrogens is 222 g/mol. The lowest BCUT2D eigenvalue weighted by Gasteiger charge is -2.06. The third-order valence-electron chi connectivity index (χ3n) is 2.11. The molecular formula is C11H16N3O3+. The average molecular weight is 238 g/mol. The summed E-state index contributed by atoms with van der Waals surface area (Å²) < 4.78 is 10.0. The first-order chi connectivity index (χ1) is 8.06. The van der Waals surface area contributed by atoms with Crippen LogP contribution in [0.15, 0.2) is 21.5 Å². The van der Waals surface area contributed by atoms with Gasteiger partial charge in [-0.15, -0.1) is 0 Å². The van der Waals surface area contributed by atoms with E-state index in [-0.39, 0.29) is 17.7 Å². The van der Waals surface area contributed by atoms with Crippen molar-refractivity contribution in [2.45, 2.75) is 20.4 Å². The number of ether oxygens (including phenoxy) is 1. The summed E-state index contributed by atoms with van der Waals surface area (Å²) >= 11 is 0. The zero-order valence-corrected chi connectivity index (χ0v) is 10.2. The van der Waals surface area contributed by atoms with E-state index in [0.29, 0.717) is 18.2 Å². The predicted octanol–water partition coefficient (Wildman–Crippen LogP) is 1.87. The highest BCUT2D eigenvalue weighted by molar-refractivity contribution is 5.17. The Labute approximate surface area is 99.4 Å². The molecule has 6 heteroatoms. The van der Waals surface area contributed by atoms with Crippen LogP contribution in [0.4, 0.5) is 0 Å². The smallest absolute Gasteiger partial charge is 0.305 e. The summed E-state index contributed by atoms with van der Waals surface area (Å²) in [5.74, 6) is 0.926. The Bertz CT molecular complexity index is 462. The van der Waals surface area contributed by atoms with Crippen LogP contribution in [0.2, 0.25) is 0 Å². The molecule has 17 heavy (non-hydrogen) atoms. The van der Waals surface area contributed by atoms with E-state index in [1.807, 2.05) is 13.8 Å². The lowest BCUT2D eigenvalue weighted by atomic mass is 10.2. The first kappa shape index (κ1) is 13.0. The molecule has 0 amide bonds. The molecule has 1 rings (SSSR count). The van der Waals surface area contributed by atoms with Gasteiger partial charge in [-0.25, -0.2) is 0 Å². The molecule has 0 aliphatic rings. The van der Waals surface area contributed by atoms with Gasteiger partial charge < -0.3 is 9.15 Å². The van der Waals surface area contributed by atoms with E-state index < -0.39 is 0 Å². The van der Waals surface area contributed by atoms with Crippen molar-refractivity contribution in [3.63, 3.8) is 0 Å². The van der Waals surface area contributed by atoms with Gasteiger partial charge in [0, 0.05) is 6.07 Å². The molecule has 0 bridgehead atoms. The van der Waals surface area contributed by atoms with Crippen molar-refractivity contribution in [1.82, 2.24) is 5.01 Å². The van der Waals surface area contributed by atoms with E-state index in [4.69, 9.17) is 14.5 Å². The van der Waals surface area contributed by atoms with Crippen LogP contribution < -0.4 is 10.2 Å². The second-order valence-electron chi connectivity index (χ2n) is 4.11. The van der Waals surface area contributed by atoms with Crippen LogP contribution in [-0.4, -0.2) is 18.7 Å². The number of hydrogen-bond acceptors (Lipinski definition) is 5. The van der Waals surface area contributed by atoms with Crippen molar-refractivity contribution < 1.29 is 9.15 Å². The van der Waals surface area contributed by atoms with E-state index in [9.17, 15) is 4.79 Å². The predicted molar refractivity (Wildman–Crippen MR) is 61.9 cm³/mol. The summed E-state index contributed by atoms with van der Waals surface area (Å²) in [5.41, 5.74) is -0.254. The molecule has 0 aliphatic heterocycles. The van der Waals surface area contributed by atoms with Crippen molar-refractivity contribution in [3.05, 3.63) is 33.4 Å². The van der Waals surface area contributed by atoms with Crippen molar-refractivity contribution in [2.24, 2.45) is 5.92 Å². The van der Waals surface area contributed by atoms with E-state index in [2.05, 4.69) is 5.08 Å². The fourth-order valence-corrected chi connectivity index (χ4v) is 1.40. The number of rotatable bonds is 5. The van der Waals surface area contributed by atoms with Gasteiger partial charge in [-0.05, 0) is 10.9 Å². The van der Waals surface area contributed by atoms with E-state index in [1.165, 1.54) is 24.4 Å². The van der Waals surface area contributed by atoms with Crippen molar-refractivity contribution in [3.8, 4) is 5.75 Å². The fraction of sp³-hybridized carbons (Fsp3) is 0.545.